The number of nitriles is 8. The number of pyridine rings is 1. The Bertz CT molecular complexity index is 2520. The van der Waals surface area contributed by atoms with E-state index in [4.69, 9.17) is 5.26 Å². The van der Waals surface area contributed by atoms with Crippen LogP contribution in [-0.2, 0) is 0 Å². The molecule has 0 atom stereocenters. The average Bonchev–Trinajstić information content (AvgIpc) is 3.60. The van der Waals surface area contributed by atoms with Crippen molar-refractivity contribution in [3.05, 3.63) is 109 Å². The summed E-state index contributed by atoms with van der Waals surface area (Å²) in [6.45, 7) is 0. The average molecular weight is 621 g/mol. The topological polar surface area (TPSA) is 203 Å². The molecule has 0 aliphatic heterocycles. The molecule has 0 unspecified atom stereocenters. The highest BCUT2D eigenvalue weighted by Gasteiger charge is 2.45. The van der Waals surface area contributed by atoms with Gasteiger partial charge in [0.2, 0.25) is 5.95 Å². The molecule has 0 bridgehead atoms. The summed E-state index contributed by atoms with van der Waals surface area (Å²) in [5, 5.41) is 78.3. The van der Waals surface area contributed by atoms with E-state index in [1.807, 2.05) is 0 Å². The monoisotopic (exact) mass is 621 g/mol. The van der Waals surface area contributed by atoms with Gasteiger partial charge in [-0.15, -0.1) is 0 Å². The second kappa shape index (κ2) is 11.3. The Labute approximate surface area is 260 Å². The fourth-order valence-electron chi connectivity index (χ4n) is 5.46. The van der Waals surface area contributed by atoms with Crippen molar-refractivity contribution in [2.24, 2.45) is 0 Å². The predicted molar refractivity (Wildman–Crippen MR) is 147 cm³/mol. The van der Waals surface area contributed by atoms with E-state index in [2.05, 4.69) is 4.98 Å². The number of benzene rings is 2. The molecule has 0 fully saturated rings. The van der Waals surface area contributed by atoms with E-state index in [9.17, 15) is 45.6 Å². The van der Waals surface area contributed by atoms with Crippen LogP contribution in [-0.4, -0.2) is 4.98 Å². The number of hydrogen-bond acceptors (Lipinski definition) is 9. The summed E-state index contributed by atoms with van der Waals surface area (Å²) in [7, 11) is 0. The quantitative estimate of drug-likeness (QED) is 0.186. The summed E-state index contributed by atoms with van der Waals surface area (Å²) in [6.07, 6.45) is 0. The Morgan fingerprint density at radius 2 is 1.02 bits per heavy atom. The second-order valence-electron chi connectivity index (χ2n) is 9.36. The molecule has 3 aromatic rings. The standard InChI is InChI=1S/C33H4F5N9/c34-20-4-17(21(35)3-13(20)5-39)27-19(11-45)29-31(25(27)15(8-42)9-43)32(37)28-18(10-44)26(16-1-2-23(36)47-22(16)12-46)24(14(6-40)7-41)30(28)33(29)38/h1-4H. The van der Waals surface area contributed by atoms with Crippen LogP contribution in [0.3, 0.4) is 0 Å². The van der Waals surface area contributed by atoms with Crippen molar-refractivity contribution >= 4 is 33.4 Å². The van der Waals surface area contributed by atoms with Gasteiger partial charge in [0.05, 0.1) is 16.7 Å². The van der Waals surface area contributed by atoms with Crippen LogP contribution in [0.5, 0.6) is 0 Å². The molecular weight excluding hydrogens is 617 g/mol. The van der Waals surface area contributed by atoms with Crippen LogP contribution in [0.4, 0.5) is 22.0 Å². The molecule has 0 N–H and O–H groups in total. The Kier molecular flexibility index (Phi) is 7.36. The SMILES string of the molecule is N#CC(C#N)=C1C(c2cc(F)c(C#N)cc2F)=C(C#N)c2c(F)c3c(c(F)c21)C(C#N)=C(c1ccc(F)nc1C#N)C3=C(C#N)C#N. The van der Waals surface area contributed by atoms with Crippen LogP contribution in [0.2, 0.25) is 0 Å². The molecule has 1 heterocycles. The lowest BCUT2D eigenvalue weighted by Gasteiger charge is -2.14. The van der Waals surface area contributed by atoms with Crippen molar-refractivity contribution in [1.29, 1.82) is 42.1 Å². The van der Waals surface area contributed by atoms with Gasteiger partial charge >= 0.3 is 0 Å². The smallest absolute Gasteiger partial charge is 0.208 e. The highest BCUT2D eigenvalue weighted by Crippen LogP contribution is 2.57. The van der Waals surface area contributed by atoms with Crippen molar-refractivity contribution in [2.75, 3.05) is 0 Å². The third kappa shape index (κ3) is 4.18. The maximum atomic E-state index is 17.0. The van der Waals surface area contributed by atoms with Crippen LogP contribution in [0.1, 0.15) is 44.6 Å². The molecule has 2 aliphatic rings. The zero-order valence-electron chi connectivity index (χ0n) is 22.7. The van der Waals surface area contributed by atoms with Gasteiger partial charge in [-0.1, -0.05) is 0 Å². The van der Waals surface area contributed by atoms with E-state index in [1.165, 1.54) is 30.3 Å². The van der Waals surface area contributed by atoms with Gasteiger partial charge in [0.1, 0.15) is 83.0 Å². The van der Waals surface area contributed by atoms with E-state index in [0.717, 1.165) is 12.1 Å². The summed E-state index contributed by atoms with van der Waals surface area (Å²) in [5.74, 6) is -7.01. The van der Waals surface area contributed by atoms with E-state index in [1.54, 1.807) is 18.2 Å². The van der Waals surface area contributed by atoms with Gasteiger partial charge in [-0.3, -0.25) is 0 Å². The van der Waals surface area contributed by atoms with Crippen LogP contribution >= 0.6 is 0 Å². The lowest BCUT2D eigenvalue weighted by atomic mass is 9.88. The van der Waals surface area contributed by atoms with Crippen molar-refractivity contribution in [3.8, 4) is 48.6 Å². The third-order valence-electron chi connectivity index (χ3n) is 7.23. The molecule has 14 heteroatoms. The lowest BCUT2D eigenvalue weighted by Crippen LogP contribution is -2.05. The van der Waals surface area contributed by atoms with Crippen molar-refractivity contribution in [2.45, 2.75) is 0 Å². The van der Waals surface area contributed by atoms with E-state index < -0.39 is 118 Å². The molecule has 0 radical (unpaired) electrons. The summed E-state index contributed by atoms with van der Waals surface area (Å²) in [6, 6.07) is 14.5. The van der Waals surface area contributed by atoms with Crippen LogP contribution in [0.15, 0.2) is 35.4 Å². The number of aromatic nitrogens is 1. The second-order valence-corrected chi connectivity index (χ2v) is 9.36. The van der Waals surface area contributed by atoms with E-state index in [-0.39, 0.29) is 0 Å². The number of allylic oxidation sites excluding steroid dienone is 8. The molecule has 0 amide bonds. The first kappa shape index (κ1) is 30.6. The van der Waals surface area contributed by atoms with Gasteiger partial charge in [-0.05, 0) is 24.3 Å². The Morgan fingerprint density at radius 3 is 1.45 bits per heavy atom. The predicted octanol–water partition coefficient (Wildman–Crippen LogP) is 6.02. The highest BCUT2D eigenvalue weighted by atomic mass is 19.1. The van der Waals surface area contributed by atoms with Gasteiger partial charge in [0, 0.05) is 55.7 Å². The molecule has 216 valence electrons. The van der Waals surface area contributed by atoms with Gasteiger partial charge in [-0.25, -0.2) is 22.5 Å². The molecule has 1 aromatic heterocycles. The lowest BCUT2D eigenvalue weighted by molar-refractivity contribution is 0.582. The Hall–Kier alpha value is -7.88. The van der Waals surface area contributed by atoms with Crippen molar-refractivity contribution in [1.82, 2.24) is 4.98 Å². The minimum atomic E-state index is -1.58. The summed E-state index contributed by atoms with van der Waals surface area (Å²) >= 11 is 0. The fourth-order valence-corrected chi connectivity index (χ4v) is 5.46. The molecular formula is C33H4F5N9. The van der Waals surface area contributed by atoms with Crippen molar-refractivity contribution < 1.29 is 22.0 Å². The molecule has 47 heavy (non-hydrogen) atoms. The molecule has 0 saturated carbocycles. The molecule has 2 aliphatic carbocycles. The minimum Gasteiger partial charge on any atom is -0.208 e. The van der Waals surface area contributed by atoms with E-state index >= 15 is 13.2 Å². The largest absolute Gasteiger partial charge is 0.214 e. The zero-order chi connectivity index (χ0) is 34.3. The zero-order valence-corrected chi connectivity index (χ0v) is 22.7. The maximum absolute atomic E-state index is 17.0. The number of rotatable bonds is 2. The molecule has 0 spiro atoms. The summed E-state index contributed by atoms with van der Waals surface area (Å²) in [5.41, 5.74) is -13.2. The minimum absolute atomic E-state index is 0.406. The van der Waals surface area contributed by atoms with Crippen LogP contribution in [0, 0.1) is 120 Å². The highest BCUT2D eigenvalue weighted by molar-refractivity contribution is 6.30. The Balaban J connectivity index is 2.06. The van der Waals surface area contributed by atoms with E-state index in [0.29, 0.717) is 12.1 Å². The number of hydrogen-bond donors (Lipinski definition) is 0. The number of fused-ring (bicyclic) bond motifs is 2. The van der Waals surface area contributed by atoms with Gasteiger partial charge in [0.25, 0.3) is 0 Å². The van der Waals surface area contributed by atoms with Gasteiger partial charge in [0.15, 0.2) is 5.69 Å². The number of halogens is 5. The maximum Gasteiger partial charge on any atom is 0.214 e. The summed E-state index contributed by atoms with van der Waals surface area (Å²) < 4.78 is 78.0. The van der Waals surface area contributed by atoms with Crippen LogP contribution in [0.25, 0.3) is 33.4 Å². The molecule has 5 rings (SSSR count). The van der Waals surface area contributed by atoms with Crippen LogP contribution < -0.4 is 0 Å². The Morgan fingerprint density at radius 1 is 0.532 bits per heavy atom. The summed E-state index contributed by atoms with van der Waals surface area (Å²) in [4.78, 5) is 3.41. The first-order valence-electron chi connectivity index (χ1n) is 12.5. The first-order chi connectivity index (χ1) is 22.6. The normalized spacial score (nSPS) is 12.4. The van der Waals surface area contributed by atoms with Gasteiger partial charge < -0.3 is 0 Å². The fraction of sp³-hybridized carbons (Fsp3) is 0. The van der Waals surface area contributed by atoms with Crippen molar-refractivity contribution in [3.63, 3.8) is 0 Å². The van der Waals surface area contributed by atoms with Gasteiger partial charge in [-0.2, -0.15) is 46.5 Å². The molecule has 0 saturated heterocycles. The molecule has 9 nitrogen and oxygen atoms in total. The first-order valence-corrected chi connectivity index (χ1v) is 12.5. The molecule has 2 aromatic carbocycles. The number of nitrogens with zero attached hydrogens (tertiary/aromatic N) is 9. The third-order valence-corrected chi connectivity index (χ3v) is 7.23.